The molecule has 2 N–H and O–H groups in total. The molecule has 2 atom stereocenters. The molecule has 0 aliphatic heterocycles. The molecule has 2 amide bonds. The lowest BCUT2D eigenvalue weighted by Gasteiger charge is -2.16. The van der Waals surface area contributed by atoms with Crippen LogP contribution in [0.3, 0.4) is 0 Å². The van der Waals surface area contributed by atoms with Crippen molar-refractivity contribution in [3.05, 3.63) is 35.9 Å². The van der Waals surface area contributed by atoms with Crippen LogP contribution in [0.5, 0.6) is 0 Å². The molecule has 0 unspecified atom stereocenters. The number of carbonyl (C=O) groups is 1. The first-order valence-corrected chi connectivity index (χ1v) is 8.97. The largest absolute Gasteiger partial charge is 0.328 e. The van der Waals surface area contributed by atoms with Crippen LogP contribution in [0.25, 0.3) is 0 Å². The molecule has 24 heavy (non-hydrogen) atoms. The Labute approximate surface area is 147 Å². The Balaban J connectivity index is 1.97. The van der Waals surface area contributed by atoms with Crippen LogP contribution >= 0.6 is 11.8 Å². The van der Waals surface area contributed by atoms with Crippen molar-refractivity contribution in [2.45, 2.75) is 50.3 Å². The van der Waals surface area contributed by atoms with Gasteiger partial charge in [0.25, 0.3) is 0 Å². The van der Waals surface area contributed by atoms with Crippen molar-refractivity contribution in [2.24, 2.45) is 7.05 Å². The van der Waals surface area contributed by atoms with Crippen LogP contribution in [0.2, 0.25) is 0 Å². The van der Waals surface area contributed by atoms with Crippen LogP contribution in [0.1, 0.15) is 44.6 Å². The molecule has 0 fully saturated rings. The highest BCUT2D eigenvalue weighted by atomic mass is 32.2. The molecule has 0 spiro atoms. The fraction of sp³-hybridized carbons (Fsp3) is 0.471. The van der Waals surface area contributed by atoms with E-state index >= 15 is 0 Å². The second kappa shape index (κ2) is 8.19. The number of aromatic nitrogens is 3. The number of nitrogens with one attached hydrogen (secondary N) is 2. The molecular weight excluding hydrogens is 322 g/mol. The summed E-state index contributed by atoms with van der Waals surface area (Å²) in [4.78, 5) is 13.4. The average molecular weight is 347 g/mol. The summed E-state index contributed by atoms with van der Waals surface area (Å²) in [5.41, 5.74) is 1.86. The van der Waals surface area contributed by atoms with E-state index in [1.54, 1.807) is 10.9 Å². The molecular formula is C17H25N5OS. The van der Waals surface area contributed by atoms with Gasteiger partial charge < -0.3 is 15.2 Å². The van der Waals surface area contributed by atoms with Crippen molar-refractivity contribution in [1.82, 2.24) is 20.1 Å². The van der Waals surface area contributed by atoms with Crippen molar-refractivity contribution in [2.75, 3.05) is 5.32 Å². The molecule has 2 rings (SSSR count). The van der Waals surface area contributed by atoms with Gasteiger partial charge in [-0.15, -0.1) is 22.0 Å². The Hall–Kier alpha value is -2.02. The molecule has 6 nitrogen and oxygen atoms in total. The van der Waals surface area contributed by atoms with Crippen molar-refractivity contribution in [3.8, 4) is 0 Å². The maximum atomic E-state index is 12.2. The second-order valence-electron chi connectivity index (χ2n) is 5.93. The van der Waals surface area contributed by atoms with Crippen molar-refractivity contribution < 1.29 is 4.79 Å². The minimum Gasteiger partial charge on any atom is -0.328 e. The lowest BCUT2D eigenvalue weighted by atomic mass is 10.2. The third-order valence-electron chi connectivity index (χ3n) is 3.84. The molecule has 7 heteroatoms. The van der Waals surface area contributed by atoms with Crippen molar-refractivity contribution in [1.29, 1.82) is 0 Å². The number of hydrogen-bond acceptors (Lipinski definition) is 4. The van der Waals surface area contributed by atoms with Gasteiger partial charge in [-0.1, -0.05) is 13.8 Å². The zero-order chi connectivity index (χ0) is 17.7. The molecule has 0 radical (unpaired) electrons. The van der Waals surface area contributed by atoms with Gasteiger partial charge in [0.2, 0.25) is 0 Å². The van der Waals surface area contributed by atoms with E-state index in [-0.39, 0.29) is 12.1 Å². The van der Waals surface area contributed by atoms with Crippen molar-refractivity contribution in [3.63, 3.8) is 0 Å². The number of aryl methyl sites for hydroxylation is 2. The number of hydrogen-bond donors (Lipinski definition) is 2. The number of carbonyl (C=O) groups excluding carboxylic acids is 1. The zero-order valence-electron chi connectivity index (χ0n) is 14.8. The van der Waals surface area contributed by atoms with Crippen LogP contribution in [0.15, 0.2) is 29.4 Å². The molecule has 0 bridgehead atoms. The minimum atomic E-state index is -0.254. The highest BCUT2D eigenvalue weighted by molar-refractivity contribution is 7.99. The maximum Gasteiger partial charge on any atom is 0.319 e. The quantitative estimate of drug-likeness (QED) is 0.778. The Morgan fingerprint density at radius 2 is 2.12 bits per heavy atom. The Morgan fingerprint density at radius 3 is 2.71 bits per heavy atom. The summed E-state index contributed by atoms with van der Waals surface area (Å²) >= 11 is 1.85. The monoisotopic (exact) mass is 347 g/mol. The highest BCUT2D eigenvalue weighted by Gasteiger charge is 2.15. The molecule has 0 saturated heterocycles. The normalized spacial score (nSPS) is 13.4. The third kappa shape index (κ3) is 4.74. The van der Waals surface area contributed by atoms with Gasteiger partial charge in [-0.2, -0.15) is 0 Å². The molecule has 0 aliphatic carbocycles. The smallest absolute Gasteiger partial charge is 0.319 e. The zero-order valence-corrected chi connectivity index (χ0v) is 15.6. The van der Waals surface area contributed by atoms with Gasteiger partial charge in [0.1, 0.15) is 6.33 Å². The first kappa shape index (κ1) is 18.3. The topological polar surface area (TPSA) is 71.8 Å². The van der Waals surface area contributed by atoms with Gasteiger partial charge in [-0.25, -0.2) is 4.79 Å². The van der Waals surface area contributed by atoms with E-state index in [0.717, 1.165) is 17.7 Å². The summed E-state index contributed by atoms with van der Waals surface area (Å²) < 4.78 is 1.79. The highest BCUT2D eigenvalue weighted by Crippen LogP contribution is 2.28. The van der Waals surface area contributed by atoms with Crippen LogP contribution < -0.4 is 10.6 Å². The van der Waals surface area contributed by atoms with E-state index in [0.29, 0.717) is 11.1 Å². The van der Waals surface area contributed by atoms with Gasteiger partial charge >= 0.3 is 6.03 Å². The molecule has 1 aromatic carbocycles. The lowest BCUT2D eigenvalue weighted by Crippen LogP contribution is -2.32. The van der Waals surface area contributed by atoms with Gasteiger partial charge in [-0.05, 0) is 44.0 Å². The Kier molecular flexibility index (Phi) is 6.25. The first-order chi connectivity index (χ1) is 11.4. The summed E-state index contributed by atoms with van der Waals surface area (Å²) in [6.07, 6.45) is 2.75. The molecule has 1 heterocycles. The molecule has 0 saturated carbocycles. The maximum absolute atomic E-state index is 12.2. The first-order valence-electron chi connectivity index (χ1n) is 8.09. The summed E-state index contributed by atoms with van der Waals surface area (Å²) in [6.45, 7) is 8.28. The second-order valence-corrected chi connectivity index (χ2v) is 7.45. The van der Waals surface area contributed by atoms with Gasteiger partial charge in [0.15, 0.2) is 5.82 Å². The molecule has 0 aliphatic rings. The fourth-order valence-electron chi connectivity index (χ4n) is 2.27. The van der Waals surface area contributed by atoms with Crippen LogP contribution in [0, 0.1) is 6.92 Å². The Morgan fingerprint density at radius 1 is 1.38 bits per heavy atom. The molecule has 2 aromatic rings. The van der Waals surface area contributed by atoms with Crippen molar-refractivity contribution >= 4 is 23.5 Å². The SMILES string of the molecule is CC[C@@H](C)Sc1ccc(NC(=O)N[C@H](C)c2nncn2C)c(C)c1. The average Bonchev–Trinajstić information content (AvgIpc) is 2.96. The number of anilines is 1. The summed E-state index contributed by atoms with van der Waals surface area (Å²) in [6, 6.07) is 5.63. The van der Waals surface area contributed by atoms with Crippen LogP contribution in [0.4, 0.5) is 10.5 Å². The van der Waals surface area contributed by atoms with E-state index in [2.05, 4.69) is 40.7 Å². The third-order valence-corrected chi connectivity index (χ3v) is 5.10. The van der Waals surface area contributed by atoms with Crippen LogP contribution in [-0.4, -0.2) is 26.0 Å². The summed E-state index contributed by atoms with van der Waals surface area (Å²) in [5.74, 6) is 0.710. The number of rotatable bonds is 6. The standard InChI is InChI=1S/C17H25N5OS/c1-6-12(3)24-14-7-8-15(11(2)9-14)20-17(23)19-13(4)16-21-18-10-22(16)5/h7-10,12-13H,6H2,1-5H3,(H2,19,20,23)/t12-,13-/m1/s1. The van der Waals surface area contributed by atoms with Gasteiger partial charge in [0.05, 0.1) is 6.04 Å². The fourth-order valence-corrected chi connectivity index (χ4v) is 3.29. The van der Waals surface area contributed by atoms with Gasteiger partial charge in [0, 0.05) is 22.9 Å². The minimum absolute atomic E-state index is 0.224. The van der Waals surface area contributed by atoms with Gasteiger partial charge in [-0.3, -0.25) is 0 Å². The summed E-state index contributed by atoms with van der Waals surface area (Å²) in [7, 11) is 1.85. The predicted molar refractivity (Wildman–Crippen MR) is 98.4 cm³/mol. The van der Waals surface area contributed by atoms with Crippen LogP contribution in [-0.2, 0) is 7.05 Å². The lowest BCUT2D eigenvalue weighted by molar-refractivity contribution is 0.248. The van der Waals surface area contributed by atoms with E-state index in [1.165, 1.54) is 4.90 Å². The number of benzene rings is 1. The number of amides is 2. The van der Waals surface area contributed by atoms with E-state index < -0.39 is 0 Å². The van der Waals surface area contributed by atoms with E-state index in [9.17, 15) is 4.79 Å². The number of urea groups is 1. The van der Waals surface area contributed by atoms with E-state index in [4.69, 9.17) is 0 Å². The summed E-state index contributed by atoms with van der Waals surface area (Å²) in [5, 5.41) is 14.2. The number of nitrogens with zero attached hydrogens (tertiary/aromatic N) is 3. The molecule has 130 valence electrons. The predicted octanol–water partition coefficient (Wildman–Crippen LogP) is 3.90. The molecule has 1 aromatic heterocycles. The Bertz CT molecular complexity index is 700. The number of thioether (sulfide) groups is 1. The van der Waals surface area contributed by atoms with E-state index in [1.807, 2.05) is 44.8 Å².